The zero-order valence-electron chi connectivity index (χ0n) is 18.1. The van der Waals surface area contributed by atoms with E-state index >= 15 is 0 Å². The first kappa shape index (κ1) is 22.0. The molecule has 1 atom stereocenters. The molecule has 1 aliphatic carbocycles. The van der Waals surface area contributed by atoms with Gasteiger partial charge in [-0.1, -0.05) is 62.4 Å². The Morgan fingerprint density at radius 1 is 1.00 bits per heavy atom. The van der Waals surface area contributed by atoms with E-state index in [0.29, 0.717) is 29.3 Å². The van der Waals surface area contributed by atoms with Crippen LogP contribution in [-0.4, -0.2) is 5.84 Å². The van der Waals surface area contributed by atoms with Crippen molar-refractivity contribution in [1.82, 2.24) is 0 Å². The molecule has 7 N–H and O–H groups in total. The molecule has 0 heterocycles. The predicted octanol–water partition coefficient (Wildman–Crippen LogP) is 5.23. The van der Waals surface area contributed by atoms with E-state index in [1.165, 1.54) is 0 Å². The number of amidine groups is 1. The maximum atomic E-state index is 8.19. The van der Waals surface area contributed by atoms with E-state index < -0.39 is 0 Å². The van der Waals surface area contributed by atoms with E-state index in [-0.39, 0.29) is 5.84 Å². The first-order valence-electron chi connectivity index (χ1n) is 10.4. The lowest BCUT2D eigenvalue weighted by molar-refractivity contribution is 0.482. The van der Waals surface area contributed by atoms with Crippen LogP contribution in [0.1, 0.15) is 32.3 Å². The zero-order valence-corrected chi connectivity index (χ0v) is 18.1. The Bertz CT molecular complexity index is 1060. The Morgan fingerprint density at radius 2 is 1.65 bits per heavy atom. The van der Waals surface area contributed by atoms with Gasteiger partial charge in [-0.2, -0.15) is 0 Å². The summed E-state index contributed by atoms with van der Waals surface area (Å²) in [6.45, 7) is 4.14. The van der Waals surface area contributed by atoms with Crippen LogP contribution in [-0.2, 0) is 0 Å². The van der Waals surface area contributed by atoms with Crippen molar-refractivity contribution >= 4 is 11.4 Å². The second-order valence-electron chi connectivity index (χ2n) is 7.65. The number of nitrogens with two attached hydrogens (primary N) is 3. The van der Waals surface area contributed by atoms with Gasteiger partial charge in [0, 0.05) is 5.57 Å². The molecule has 160 valence electrons. The van der Waals surface area contributed by atoms with Crippen LogP contribution in [0.3, 0.4) is 0 Å². The molecule has 5 nitrogen and oxygen atoms in total. The Labute approximate surface area is 184 Å². The second-order valence-corrected chi connectivity index (χ2v) is 7.65. The van der Waals surface area contributed by atoms with E-state index in [4.69, 9.17) is 27.3 Å². The van der Waals surface area contributed by atoms with Crippen molar-refractivity contribution in [2.24, 2.45) is 23.1 Å². The summed E-state index contributed by atoms with van der Waals surface area (Å²) in [6.07, 6.45) is 7.55. The molecule has 0 fully saturated rings. The van der Waals surface area contributed by atoms with Gasteiger partial charge in [0.2, 0.25) is 0 Å². The van der Waals surface area contributed by atoms with E-state index in [1.54, 1.807) is 0 Å². The number of nitrogens with one attached hydrogen (secondary N) is 1. The fourth-order valence-electron chi connectivity index (χ4n) is 3.70. The van der Waals surface area contributed by atoms with Crippen LogP contribution < -0.4 is 21.9 Å². The van der Waals surface area contributed by atoms with Gasteiger partial charge in [0.1, 0.15) is 17.3 Å². The van der Waals surface area contributed by atoms with Gasteiger partial charge in [-0.15, -0.1) is 0 Å². The van der Waals surface area contributed by atoms with Crippen molar-refractivity contribution < 1.29 is 4.74 Å². The number of rotatable bonds is 7. The molecule has 2 aromatic carbocycles. The van der Waals surface area contributed by atoms with Gasteiger partial charge in [0.05, 0.1) is 11.4 Å². The van der Waals surface area contributed by atoms with Gasteiger partial charge >= 0.3 is 0 Å². The zero-order chi connectivity index (χ0) is 22.4. The highest BCUT2D eigenvalue weighted by Crippen LogP contribution is 2.31. The molecule has 0 aromatic heterocycles. The Morgan fingerprint density at radius 3 is 2.23 bits per heavy atom. The third kappa shape index (κ3) is 5.25. The number of ether oxygens (including phenoxy) is 1. The lowest BCUT2D eigenvalue weighted by Crippen LogP contribution is -2.24. The van der Waals surface area contributed by atoms with Crippen molar-refractivity contribution in [2.45, 2.75) is 26.7 Å². The molecular weight excluding hydrogens is 384 g/mol. The molecule has 0 amide bonds. The monoisotopic (exact) mass is 414 g/mol. The van der Waals surface area contributed by atoms with Crippen LogP contribution in [0.4, 0.5) is 0 Å². The van der Waals surface area contributed by atoms with E-state index in [9.17, 15) is 0 Å². The Balaban J connectivity index is 1.98. The largest absolute Gasteiger partial charge is 0.457 e. The quantitative estimate of drug-likeness (QED) is 0.282. The Kier molecular flexibility index (Phi) is 6.98. The van der Waals surface area contributed by atoms with Gasteiger partial charge in [0.15, 0.2) is 0 Å². The van der Waals surface area contributed by atoms with Gasteiger partial charge in [0.25, 0.3) is 0 Å². The van der Waals surface area contributed by atoms with Gasteiger partial charge in [-0.25, -0.2) is 0 Å². The number of para-hydroxylation sites is 1. The molecule has 0 spiro atoms. The minimum atomic E-state index is -0.0955. The van der Waals surface area contributed by atoms with Gasteiger partial charge in [-0.3, -0.25) is 5.41 Å². The lowest BCUT2D eigenvalue weighted by atomic mass is 9.90. The van der Waals surface area contributed by atoms with Gasteiger partial charge < -0.3 is 21.9 Å². The van der Waals surface area contributed by atoms with Crippen molar-refractivity contribution in [3.05, 3.63) is 101 Å². The molecule has 2 aromatic rings. The summed E-state index contributed by atoms with van der Waals surface area (Å²) in [5.74, 6) is 1.79. The standard InChI is InChI=1S/C26H30N4O/c1-3-22(18-12-14-21(15-13-18)31-20-10-5-4-6-11-20)23(26(29)30)25(28)24(27)19-9-7-8-17(2)16-19/h4-15,17H,3,16,27-28H2,1-2H3,(H3,29,30)/b23-22-,25-24+. The smallest absolute Gasteiger partial charge is 0.127 e. The first-order valence-corrected chi connectivity index (χ1v) is 10.4. The molecule has 1 aliphatic rings. The molecular formula is C26H30N4O. The molecule has 0 radical (unpaired) electrons. The molecule has 0 bridgehead atoms. The molecule has 0 saturated heterocycles. The fraction of sp³-hybridized carbons (Fsp3) is 0.192. The fourth-order valence-corrected chi connectivity index (χ4v) is 3.70. The predicted molar refractivity (Wildman–Crippen MR) is 128 cm³/mol. The van der Waals surface area contributed by atoms with Crippen LogP contribution in [0, 0.1) is 11.3 Å². The maximum Gasteiger partial charge on any atom is 0.127 e. The summed E-state index contributed by atoms with van der Waals surface area (Å²) in [5, 5.41) is 8.19. The summed E-state index contributed by atoms with van der Waals surface area (Å²) in [4.78, 5) is 0. The molecule has 1 unspecified atom stereocenters. The number of hydrogen-bond donors (Lipinski definition) is 4. The average molecular weight is 415 g/mol. The van der Waals surface area contributed by atoms with Crippen molar-refractivity contribution in [1.29, 1.82) is 5.41 Å². The van der Waals surface area contributed by atoms with E-state index in [1.807, 2.05) is 73.7 Å². The van der Waals surface area contributed by atoms with Crippen molar-refractivity contribution in [2.75, 3.05) is 0 Å². The molecule has 31 heavy (non-hydrogen) atoms. The normalized spacial score (nSPS) is 17.4. The van der Waals surface area contributed by atoms with Crippen LogP contribution in [0.15, 0.2) is 95.4 Å². The van der Waals surface area contributed by atoms with Crippen LogP contribution in [0.25, 0.3) is 5.57 Å². The molecule has 3 rings (SSSR count). The van der Waals surface area contributed by atoms with Gasteiger partial charge in [-0.05, 0) is 59.7 Å². The minimum Gasteiger partial charge on any atom is -0.457 e. The summed E-state index contributed by atoms with van der Waals surface area (Å²) in [5.41, 5.74) is 23.0. The minimum absolute atomic E-state index is 0.0955. The lowest BCUT2D eigenvalue weighted by Gasteiger charge is -2.20. The van der Waals surface area contributed by atoms with Crippen LogP contribution in [0.5, 0.6) is 11.5 Å². The van der Waals surface area contributed by atoms with Crippen molar-refractivity contribution in [3.8, 4) is 11.5 Å². The topological polar surface area (TPSA) is 111 Å². The van der Waals surface area contributed by atoms with E-state index in [0.717, 1.165) is 34.6 Å². The first-order chi connectivity index (χ1) is 14.9. The molecule has 0 aliphatic heterocycles. The highest BCUT2D eigenvalue weighted by atomic mass is 16.5. The molecule has 0 saturated carbocycles. The van der Waals surface area contributed by atoms with Crippen LogP contribution in [0.2, 0.25) is 0 Å². The highest BCUT2D eigenvalue weighted by Gasteiger charge is 2.19. The van der Waals surface area contributed by atoms with E-state index in [2.05, 4.69) is 13.0 Å². The third-order valence-electron chi connectivity index (χ3n) is 5.29. The average Bonchev–Trinajstić information content (AvgIpc) is 2.77. The SMILES string of the molecule is CC/C(=C(C(=N)N)\C(N)=C(/N)C1=CC=CC(C)C1)c1ccc(Oc2ccccc2)cc1. The summed E-state index contributed by atoms with van der Waals surface area (Å²) < 4.78 is 5.88. The summed E-state index contributed by atoms with van der Waals surface area (Å²) >= 11 is 0. The summed E-state index contributed by atoms with van der Waals surface area (Å²) in [6, 6.07) is 17.3. The van der Waals surface area contributed by atoms with Crippen LogP contribution >= 0.6 is 0 Å². The maximum absolute atomic E-state index is 8.19. The third-order valence-corrected chi connectivity index (χ3v) is 5.29. The number of benzene rings is 2. The number of hydrogen-bond acceptors (Lipinski definition) is 4. The Hall–Kier alpha value is -3.73. The number of allylic oxidation sites excluding steroid dienone is 5. The summed E-state index contributed by atoms with van der Waals surface area (Å²) in [7, 11) is 0. The molecule has 5 heteroatoms. The van der Waals surface area contributed by atoms with Crippen molar-refractivity contribution in [3.63, 3.8) is 0 Å². The second kappa shape index (κ2) is 9.85. The highest BCUT2D eigenvalue weighted by molar-refractivity contribution is 6.06.